The second kappa shape index (κ2) is 16.0. The van der Waals surface area contributed by atoms with Gasteiger partial charge in [0.25, 0.3) is 5.91 Å². The molecule has 0 spiro atoms. The lowest BCUT2D eigenvalue weighted by molar-refractivity contribution is -0.142. The van der Waals surface area contributed by atoms with E-state index in [0.29, 0.717) is 61.4 Å². The average molecular weight is 575 g/mol. The number of halogens is 1. The zero-order valence-corrected chi connectivity index (χ0v) is 24.1. The lowest BCUT2D eigenvalue weighted by Gasteiger charge is -2.28. The minimum atomic E-state index is -0.273. The van der Waals surface area contributed by atoms with Gasteiger partial charge in [-0.3, -0.25) is 9.59 Å². The predicted molar refractivity (Wildman–Crippen MR) is 153 cm³/mol. The molecule has 2 aromatic carbocycles. The molecule has 1 heterocycles. The van der Waals surface area contributed by atoms with Crippen LogP contribution in [0.1, 0.15) is 16.9 Å². The molecule has 39 heavy (non-hydrogen) atoms. The Morgan fingerprint density at radius 3 is 2.33 bits per heavy atom. The average Bonchev–Trinajstić information content (AvgIpc) is 3.47. The van der Waals surface area contributed by atoms with Gasteiger partial charge < -0.3 is 28.7 Å². The number of carbonyl (C=O) groups is 2. The van der Waals surface area contributed by atoms with Crippen molar-refractivity contribution in [2.45, 2.75) is 19.4 Å². The molecule has 0 radical (unpaired) electrons. The third kappa shape index (κ3) is 9.76. The minimum Gasteiger partial charge on any atom is -0.493 e. The van der Waals surface area contributed by atoms with Crippen LogP contribution in [0.2, 0.25) is 5.02 Å². The SMILES string of the molecule is COCCCN(CC(=O)N(CCc1ccc(OC)c(OC)c1)Cc1cccs1)C(=O)COc1ccc(Cl)cc1. The molecule has 0 unspecified atom stereocenters. The zero-order valence-electron chi connectivity index (χ0n) is 22.6. The number of ether oxygens (including phenoxy) is 4. The first-order chi connectivity index (χ1) is 18.9. The number of thiophene rings is 1. The van der Waals surface area contributed by atoms with Crippen LogP contribution >= 0.6 is 22.9 Å². The van der Waals surface area contributed by atoms with Crippen LogP contribution in [0.3, 0.4) is 0 Å². The van der Waals surface area contributed by atoms with Crippen LogP contribution in [0.25, 0.3) is 0 Å². The maximum atomic E-state index is 13.6. The third-order valence-electron chi connectivity index (χ3n) is 6.03. The summed E-state index contributed by atoms with van der Waals surface area (Å²) in [5.41, 5.74) is 1.01. The molecule has 210 valence electrons. The van der Waals surface area contributed by atoms with Crippen molar-refractivity contribution >= 4 is 34.8 Å². The molecule has 0 saturated carbocycles. The molecule has 0 N–H and O–H groups in total. The Kier molecular flexibility index (Phi) is 12.4. The van der Waals surface area contributed by atoms with Crippen molar-refractivity contribution in [2.75, 3.05) is 54.2 Å². The molecule has 0 atom stereocenters. The predicted octanol–water partition coefficient (Wildman–Crippen LogP) is 4.93. The summed E-state index contributed by atoms with van der Waals surface area (Å²) >= 11 is 7.52. The maximum absolute atomic E-state index is 13.6. The number of benzene rings is 2. The highest BCUT2D eigenvalue weighted by Crippen LogP contribution is 2.28. The Bertz CT molecular complexity index is 1170. The van der Waals surface area contributed by atoms with Gasteiger partial charge in [-0.25, -0.2) is 0 Å². The Morgan fingerprint density at radius 2 is 1.67 bits per heavy atom. The molecule has 10 heteroatoms. The van der Waals surface area contributed by atoms with Crippen LogP contribution in [0.4, 0.5) is 0 Å². The van der Waals surface area contributed by atoms with Crippen molar-refractivity contribution in [3.05, 3.63) is 75.4 Å². The molecule has 0 aliphatic heterocycles. The van der Waals surface area contributed by atoms with Gasteiger partial charge in [0.2, 0.25) is 5.91 Å². The number of carbonyl (C=O) groups excluding carboxylic acids is 2. The number of methoxy groups -OCH3 is 3. The lowest BCUT2D eigenvalue weighted by Crippen LogP contribution is -2.45. The van der Waals surface area contributed by atoms with Crippen LogP contribution in [-0.2, 0) is 27.3 Å². The third-order valence-corrected chi connectivity index (χ3v) is 7.14. The normalized spacial score (nSPS) is 10.7. The van der Waals surface area contributed by atoms with Gasteiger partial charge in [-0.15, -0.1) is 11.3 Å². The Hall–Kier alpha value is -3.27. The van der Waals surface area contributed by atoms with E-state index in [1.165, 1.54) is 4.90 Å². The molecule has 3 rings (SSSR count). The van der Waals surface area contributed by atoms with E-state index in [1.54, 1.807) is 61.8 Å². The Labute approximate surface area is 239 Å². The van der Waals surface area contributed by atoms with Crippen molar-refractivity contribution in [3.8, 4) is 17.2 Å². The van der Waals surface area contributed by atoms with E-state index in [0.717, 1.165) is 10.4 Å². The van der Waals surface area contributed by atoms with Crippen LogP contribution in [0.5, 0.6) is 17.2 Å². The molecule has 2 amide bonds. The van der Waals surface area contributed by atoms with E-state index < -0.39 is 0 Å². The fourth-order valence-corrected chi connectivity index (χ4v) is 4.75. The quantitative estimate of drug-likeness (QED) is 0.226. The van der Waals surface area contributed by atoms with Gasteiger partial charge >= 0.3 is 0 Å². The number of hydrogen-bond acceptors (Lipinski definition) is 7. The summed E-state index contributed by atoms with van der Waals surface area (Å²) < 4.78 is 21.6. The van der Waals surface area contributed by atoms with Gasteiger partial charge in [0.1, 0.15) is 5.75 Å². The van der Waals surface area contributed by atoms with Gasteiger partial charge in [-0.05, 0) is 66.2 Å². The van der Waals surface area contributed by atoms with Gasteiger partial charge in [-0.2, -0.15) is 0 Å². The Morgan fingerprint density at radius 1 is 0.897 bits per heavy atom. The fourth-order valence-electron chi connectivity index (χ4n) is 3.90. The van der Waals surface area contributed by atoms with Gasteiger partial charge in [0.05, 0.1) is 27.3 Å². The van der Waals surface area contributed by atoms with Crippen LogP contribution in [0.15, 0.2) is 60.0 Å². The summed E-state index contributed by atoms with van der Waals surface area (Å²) in [7, 11) is 4.80. The highest BCUT2D eigenvalue weighted by Gasteiger charge is 2.22. The molecule has 0 fully saturated rings. The lowest BCUT2D eigenvalue weighted by atomic mass is 10.1. The molecular weight excluding hydrogens is 540 g/mol. The summed E-state index contributed by atoms with van der Waals surface area (Å²) in [6.07, 6.45) is 1.22. The number of rotatable bonds is 16. The topological polar surface area (TPSA) is 77.5 Å². The largest absolute Gasteiger partial charge is 0.493 e. The van der Waals surface area contributed by atoms with E-state index in [2.05, 4.69) is 0 Å². The fraction of sp³-hybridized carbons (Fsp3) is 0.379. The van der Waals surface area contributed by atoms with Crippen LogP contribution in [-0.4, -0.2) is 75.8 Å². The maximum Gasteiger partial charge on any atom is 0.260 e. The highest BCUT2D eigenvalue weighted by atomic mass is 35.5. The van der Waals surface area contributed by atoms with Crippen molar-refractivity contribution < 1.29 is 28.5 Å². The molecule has 0 aliphatic rings. The number of hydrogen-bond donors (Lipinski definition) is 0. The van der Waals surface area contributed by atoms with E-state index in [-0.39, 0.29) is 25.0 Å². The van der Waals surface area contributed by atoms with Crippen molar-refractivity contribution in [1.29, 1.82) is 0 Å². The van der Waals surface area contributed by atoms with Gasteiger partial charge in [-0.1, -0.05) is 23.7 Å². The van der Waals surface area contributed by atoms with Crippen LogP contribution in [0, 0.1) is 0 Å². The number of amides is 2. The highest BCUT2D eigenvalue weighted by molar-refractivity contribution is 7.09. The van der Waals surface area contributed by atoms with Crippen molar-refractivity contribution in [1.82, 2.24) is 9.80 Å². The molecule has 3 aromatic rings. The smallest absolute Gasteiger partial charge is 0.260 e. The second-order valence-corrected chi connectivity index (χ2v) is 10.2. The van der Waals surface area contributed by atoms with E-state index in [1.807, 2.05) is 35.7 Å². The van der Waals surface area contributed by atoms with E-state index in [9.17, 15) is 9.59 Å². The summed E-state index contributed by atoms with van der Waals surface area (Å²) in [6, 6.07) is 16.5. The van der Waals surface area contributed by atoms with E-state index in [4.69, 9.17) is 30.5 Å². The molecule has 0 bridgehead atoms. The van der Waals surface area contributed by atoms with Gasteiger partial charge in [0, 0.05) is 36.7 Å². The summed E-state index contributed by atoms with van der Waals surface area (Å²) in [6.45, 7) is 1.57. The first-order valence-electron chi connectivity index (χ1n) is 12.6. The first-order valence-corrected chi connectivity index (χ1v) is 13.9. The second-order valence-electron chi connectivity index (χ2n) is 8.74. The summed E-state index contributed by atoms with van der Waals surface area (Å²) in [5, 5.41) is 2.57. The zero-order chi connectivity index (χ0) is 28.0. The minimum absolute atomic E-state index is 0.0518. The summed E-state index contributed by atoms with van der Waals surface area (Å²) in [5.74, 6) is 1.41. The Balaban J connectivity index is 1.69. The van der Waals surface area contributed by atoms with Gasteiger partial charge in [0.15, 0.2) is 18.1 Å². The molecule has 1 aromatic heterocycles. The first kappa shape index (κ1) is 30.3. The van der Waals surface area contributed by atoms with E-state index >= 15 is 0 Å². The number of nitrogens with zero attached hydrogens (tertiary/aromatic N) is 2. The molecular formula is C29H35ClN2O6S. The van der Waals surface area contributed by atoms with Crippen molar-refractivity contribution in [3.63, 3.8) is 0 Å². The molecule has 0 saturated heterocycles. The molecule has 0 aliphatic carbocycles. The van der Waals surface area contributed by atoms with Crippen molar-refractivity contribution in [2.24, 2.45) is 0 Å². The monoisotopic (exact) mass is 574 g/mol. The molecule has 8 nitrogen and oxygen atoms in total. The van der Waals surface area contributed by atoms with Crippen LogP contribution < -0.4 is 14.2 Å². The standard InChI is InChI=1S/C29H35ClN2O6S/c1-35-16-5-14-31(29(34)21-38-24-10-8-23(30)9-11-24)20-28(33)32(19-25-6-4-17-39-25)15-13-22-7-12-26(36-2)27(18-22)37-3/h4,6-12,17-18H,5,13-16,19-21H2,1-3H3. The summed E-state index contributed by atoms with van der Waals surface area (Å²) in [4.78, 5) is 31.1.